The molecule has 0 radical (unpaired) electrons. The summed E-state index contributed by atoms with van der Waals surface area (Å²) in [6.45, 7) is 1.83. The molecule has 23 heavy (non-hydrogen) atoms. The molecule has 0 fully saturated rings. The van der Waals surface area contributed by atoms with Gasteiger partial charge in [-0.05, 0) is 42.2 Å². The normalized spacial score (nSPS) is 10.6. The Morgan fingerprint density at radius 2 is 1.91 bits per heavy atom. The topological polar surface area (TPSA) is 37.8 Å². The molecule has 0 aliphatic carbocycles. The zero-order valence-corrected chi connectivity index (χ0v) is 13.6. The van der Waals surface area contributed by atoms with Crippen molar-refractivity contribution < 1.29 is 8.78 Å². The van der Waals surface area contributed by atoms with Crippen LogP contribution in [0.4, 0.5) is 14.5 Å². The van der Waals surface area contributed by atoms with Crippen LogP contribution in [-0.4, -0.2) is 14.6 Å². The molecule has 7 heteroatoms. The van der Waals surface area contributed by atoms with Crippen LogP contribution in [0, 0.1) is 18.6 Å². The van der Waals surface area contributed by atoms with Crippen molar-refractivity contribution in [2.75, 3.05) is 5.32 Å². The molecule has 3 aromatic rings. The van der Waals surface area contributed by atoms with Gasteiger partial charge in [0.25, 0.3) is 0 Å². The zero-order valence-electron chi connectivity index (χ0n) is 12.0. The lowest BCUT2D eigenvalue weighted by Gasteiger charge is -2.12. The molecule has 0 bridgehead atoms. The SMILES string of the molecule is Cc1nnsc1C(=S)Nc1ccccc1-c1ccc(F)c(F)c1. The number of halogens is 2. The van der Waals surface area contributed by atoms with Crippen molar-refractivity contribution >= 4 is 34.4 Å². The third kappa shape index (κ3) is 3.25. The summed E-state index contributed by atoms with van der Waals surface area (Å²) in [5, 5.41) is 7.06. The van der Waals surface area contributed by atoms with Crippen molar-refractivity contribution in [3.05, 3.63) is 64.7 Å². The van der Waals surface area contributed by atoms with Crippen LogP contribution in [0.5, 0.6) is 0 Å². The summed E-state index contributed by atoms with van der Waals surface area (Å²) >= 11 is 6.59. The van der Waals surface area contributed by atoms with E-state index in [9.17, 15) is 8.78 Å². The number of hydrogen-bond acceptors (Lipinski definition) is 4. The predicted octanol–water partition coefficient (Wildman–Crippen LogP) is 4.58. The summed E-state index contributed by atoms with van der Waals surface area (Å²) in [5.41, 5.74) is 2.74. The van der Waals surface area contributed by atoms with Gasteiger partial charge in [-0.15, -0.1) is 5.10 Å². The summed E-state index contributed by atoms with van der Waals surface area (Å²) in [6.07, 6.45) is 0. The van der Waals surface area contributed by atoms with E-state index in [-0.39, 0.29) is 0 Å². The van der Waals surface area contributed by atoms with Crippen molar-refractivity contribution in [3.8, 4) is 11.1 Å². The third-order valence-electron chi connectivity index (χ3n) is 3.26. The average molecular weight is 347 g/mol. The Labute approximate surface area is 141 Å². The van der Waals surface area contributed by atoms with E-state index in [1.54, 1.807) is 0 Å². The Morgan fingerprint density at radius 1 is 1.13 bits per heavy atom. The molecule has 1 N–H and O–H groups in total. The molecule has 0 amide bonds. The first-order chi connectivity index (χ1) is 11.1. The largest absolute Gasteiger partial charge is 0.345 e. The van der Waals surface area contributed by atoms with Gasteiger partial charge in [-0.25, -0.2) is 8.78 Å². The van der Waals surface area contributed by atoms with E-state index in [2.05, 4.69) is 14.9 Å². The van der Waals surface area contributed by atoms with Gasteiger partial charge in [0.15, 0.2) is 11.6 Å². The van der Waals surface area contributed by atoms with Gasteiger partial charge in [-0.2, -0.15) is 0 Å². The minimum atomic E-state index is -0.887. The fraction of sp³-hybridized carbons (Fsp3) is 0.0625. The van der Waals surface area contributed by atoms with Crippen LogP contribution >= 0.6 is 23.8 Å². The molecule has 0 unspecified atom stereocenters. The summed E-state index contributed by atoms with van der Waals surface area (Å²) in [4.78, 5) is 1.27. The van der Waals surface area contributed by atoms with Gasteiger partial charge in [-0.3, -0.25) is 0 Å². The van der Waals surface area contributed by atoms with Crippen molar-refractivity contribution in [1.82, 2.24) is 9.59 Å². The van der Waals surface area contributed by atoms with Crippen LogP contribution < -0.4 is 5.32 Å². The van der Waals surface area contributed by atoms with Crippen LogP contribution in [0.2, 0.25) is 0 Å². The van der Waals surface area contributed by atoms with E-state index in [1.165, 1.54) is 23.7 Å². The van der Waals surface area contributed by atoms with E-state index < -0.39 is 11.6 Å². The van der Waals surface area contributed by atoms with Gasteiger partial charge < -0.3 is 5.32 Å². The minimum absolute atomic E-state index is 0.493. The fourth-order valence-electron chi connectivity index (χ4n) is 2.13. The first-order valence-corrected chi connectivity index (χ1v) is 7.89. The Balaban J connectivity index is 1.96. The molecule has 2 aromatic carbocycles. The number of thiocarbonyl (C=S) groups is 1. The highest BCUT2D eigenvalue weighted by molar-refractivity contribution is 7.81. The summed E-state index contributed by atoms with van der Waals surface area (Å²) < 4.78 is 30.5. The number of para-hydroxylation sites is 1. The molecule has 1 heterocycles. The molecule has 0 saturated heterocycles. The van der Waals surface area contributed by atoms with Crippen molar-refractivity contribution in [2.24, 2.45) is 0 Å². The second-order valence-corrected chi connectivity index (χ2v) is 5.98. The van der Waals surface area contributed by atoms with Crippen LogP contribution in [0.3, 0.4) is 0 Å². The van der Waals surface area contributed by atoms with Gasteiger partial charge in [-0.1, -0.05) is 41.0 Å². The van der Waals surface area contributed by atoms with Gasteiger partial charge in [0, 0.05) is 11.3 Å². The number of anilines is 1. The Bertz CT molecular complexity index is 877. The number of aryl methyl sites for hydroxylation is 1. The number of nitrogens with one attached hydrogen (secondary N) is 1. The molecular formula is C16H11F2N3S2. The highest BCUT2D eigenvalue weighted by Gasteiger charge is 2.13. The smallest absolute Gasteiger partial charge is 0.159 e. The second-order valence-electron chi connectivity index (χ2n) is 4.82. The van der Waals surface area contributed by atoms with Crippen LogP contribution in [0.25, 0.3) is 11.1 Å². The number of nitrogens with zero attached hydrogens (tertiary/aromatic N) is 2. The summed E-state index contributed by atoms with van der Waals surface area (Å²) in [6, 6.07) is 11.1. The molecular weight excluding hydrogens is 336 g/mol. The third-order valence-corrected chi connectivity index (χ3v) is 4.54. The molecule has 116 valence electrons. The molecule has 3 rings (SSSR count). The lowest BCUT2D eigenvalue weighted by Crippen LogP contribution is -2.11. The van der Waals surface area contributed by atoms with Crippen molar-refractivity contribution in [1.29, 1.82) is 0 Å². The number of benzene rings is 2. The van der Waals surface area contributed by atoms with Gasteiger partial charge in [0.2, 0.25) is 0 Å². The van der Waals surface area contributed by atoms with Crippen LogP contribution in [-0.2, 0) is 0 Å². The highest BCUT2D eigenvalue weighted by atomic mass is 32.1. The van der Waals surface area contributed by atoms with Crippen molar-refractivity contribution in [2.45, 2.75) is 6.92 Å². The minimum Gasteiger partial charge on any atom is -0.345 e. The maximum atomic E-state index is 13.5. The summed E-state index contributed by atoms with van der Waals surface area (Å²) in [5.74, 6) is -1.76. The maximum Gasteiger partial charge on any atom is 0.159 e. The van der Waals surface area contributed by atoms with Gasteiger partial charge in [0.1, 0.15) is 9.87 Å². The number of rotatable bonds is 3. The molecule has 0 aliphatic rings. The van der Waals surface area contributed by atoms with Crippen LogP contribution in [0.1, 0.15) is 10.6 Å². The van der Waals surface area contributed by atoms with E-state index in [4.69, 9.17) is 12.2 Å². The van der Waals surface area contributed by atoms with Gasteiger partial charge in [0.05, 0.1) is 5.69 Å². The standard InChI is InChI=1S/C16H11F2N3S2/c1-9-15(23-21-20-9)16(22)19-14-5-3-2-4-11(14)10-6-7-12(17)13(18)8-10/h2-8H,1H3,(H,19,22). The Hall–Kier alpha value is -2.25. The molecule has 0 spiro atoms. The van der Waals surface area contributed by atoms with Crippen molar-refractivity contribution in [3.63, 3.8) is 0 Å². The maximum absolute atomic E-state index is 13.5. The Morgan fingerprint density at radius 3 is 2.61 bits per heavy atom. The number of aromatic nitrogens is 2. The molecule has 1 aromatic heterocycles. The molecule has 0 saturated carbocycles. The molecule has 0 atom stereocenters. The quantitative estimate of drug-likeness (QED) is 0.704. The summed E-state index contributed by atoms with van der Waals surface area (Å²) in [7, 11) is 0. The first kappa shape index (κ1) is 15.6. The lowest BCUT2D eigenvalue weighted by molar-refractivity contribution is 0.509. The molecule has 3 nitrogen and oxygen atoms in total. The fourth-order valence-corrected chi connectivity index (χ4v) is 3.05. The second kappa shape index (κ2) is 6.47. The zero-order chi connectivity index (χ0) is 16.4. The monoisotopic (exact) mass is 347 g/mol. The van der Waals surface area contributed by atoms with E-state index in [1.807, 2.05) is 31.2 Å². The van der Waals surface area contributed by atoms with Crippen LogP contribution in [0.15, 0.2) is 42.5 Å². The van der Waals surface area contributed by atoms with E-state index in [0.29, 0.717) is 16.2 Å². The van der Waals surface area contributed by atoms with E-state index in [0.717, 1.165) is 22.2 Å². The van der Waals surface area contributed by atoms with E-state index >= 15 is 0 Å². The first-order valence-electron chi connectivity index (χ1n) is 6.71. The lowest BCUT2D eigenvalue weighted by atomic mass is 10.0. The number of hydrogen-bond donors (Lipinski definition) is 1. The highest BCUT2D eigenvalue weighted by Crippen LogP contribution is 2.29. The molecule has 0 aliphatic heterocycles. The average Bonchev–Trinajstić information content (AvgIpc) is 2.97. The van der Waals surface area contributed by atoms with Gasteiger partial charge >= 0.3 is 0 Å². The Kier molecular flexibility index (Phi) is 4.40. The predicted molar refractivity (Wildman–Crippen MR) is 91.8 cm³/mol.